The second-order valence-electron chi connectivity index (χ2n) is 5.94. The van der Waals surface area contributed by atoms with Crippen LogP contribution in [0.1, 0.15) is 33.1 Å². The molecule has 106 valence electrons. The summed E-state index contributed by atoms with van der Waals surface area (Å²) in [5.41, 5.74) is 1.34. The number of benzene rings is 1. The molecule has 1 aromatic carbocycles. The smallest absolute Gasteiger partial charge is 0.162 e. The molecule has 0 heterocycles. The maximum Gasteiger partial charge on any atom is 0.162 e. The van der Waals surface area contributed by atoms with Gasteiger partial charge in [-0.2, -0.15) is 0 Å². The van der Waals surface area contributed by atoms with Crippen molar-refractivity contribution in [3.63, 3.8) is 0 Å². The number of nitrogens with one attached hydrogen (secondary N) is 1. The highest BCUT2D eigenvalue weighted by molar-refractivity contribution is 6.33. The molecule has 19 heavy (non-hydrogen) atoms. The molecule has 0 saturated heterocycles. The van der Waals surface area contributed by atoms with Gasteiger partial charge in [-0.1, -0.05) is 25.4 Å². The Morgan fingerprint density at radius 2 is 1.84 bits per heavy atom. The molecule has 0 bridgehead atoms. The van der Waals surface area contributed by atoms with Crippen LogP contribution >= 0.6 is 11.6 Å². The van der Waals surface area contributed by atoms with E-state index in [1.165, 1.54) is 12.8 Å². The van der Waals surface area contributed by atoms with Crippen molar-refractivity contribution in [2.45, 2.75) is 39.2 Å². The average Bonchev–Trinajstić information content (AvgIpc) is 2.70. The van der Waals surface area contributed by atoms with Crippen molar-refractivity contribution >= 4 is 17.3 Å². The summed E-state index contributed by atoms with van der Waals surface area (Å²) in [7, 11) is 3.25. The van der Waals surface area contributed by atoms with Gasteiger partial charge in [-0.3, -0.25) is 0 Å². The standard InChI is InChI=1S/C15H22ClNO2/c1-15(2)6-5-10(9-15)17-12-8-14(19-4)13(18-3)7-11(12)16/h7-8,10,17H,5-6,9H2,1-4H3. The molecular weight excluding hydrogens is 262 g/mol. The highest BCUT2D eigenvalue weighted by Gasteiger charge is 2.31. The van der Waals surface area contributed by atoms with E-state index in [4.69, 9.17) is 21.1 Å². The first kappa shape index (κ1) is 14.3. The van der Waals surface area contributed by atoms with Crippen LogP contribution in [0.15, 0.2) is 12.1 Å². The maximum atomic E-state index is 6.29. The van der Waals surface area contributed by atoms with E-state index in [1.54, 1.807) is 20.3 Å². The van der Waals surface area contributed by atoms with E-state index in [9.17, 15) is 0 Å². The van der Waals surface area contributed by atoms with E-state index in [2.05, 4.69) is 19.2 Å². The number of rotatable bonds is 4. The molecule has 0 amide bonds. The van der Waals surface area contributed by atoms with E-state index in [1.807, 2.05) is 6.07 Å². The lowest BCUT2D eigenvalue weighted by Crippen LogP contribution is -2.17. The van der Waals surface area contributed by atoms with Gasteiger partial charge in [0.25, 0.3) is 0 Å². The van der Waals surface area contributed by atoms with Crippen LogP contribution in [0.2, 0.25) is 5.02 Å². The third-order valence-corrected chi connectivity index (χ3v) is 4.11. The lowest BCUT2D eigenvalue weighted by molar-refractivity contribution is 0.355. The number of halogens is 1. The van der Waals surface area contributed by atoms with Crippen LogP contribution < -0.4 is 14.8 Å². The van der Waals surface area contributed by atoms with Gasteiger partial charge in [-0.05, 0) is 24.7 Å². The molecule has 1 fully saturated rings. The Balaban J connectivity index is 2.17. The number of hydrogen-bond donors (Lipinski definition) is 1. The molecule has 0 radical (unpaired) electrons. The fourth-order valence-electron chi connectivity index (χ4n) is 2.74. The van der Waals surface area contributed by atoms with Gasteiger partial charge in [0.1, 0.15) is 0 Å². The van der Waals surface area contributed by atoms with E-state index < -0.39 is 0 Å². The molecule has 1 atom stereocenters. The van der Waals surface area contributed by atoms with Crippen molar-refractivity contribution in [3.8, 4) is 11.5 Å². The molecule has 1 aliphatic rings. The van der Waals surface area contributed by atoms with Crippen molar-refractivity contribution in [3.05, 3.63) is 17.2 Å². The number of anilines is 1. The number of ether oxygens (including phenoxy) is 2. The fourth-order valence-corrected chi connectivity index (χ4v) is 2.95. The summed E-state index contributed by atoms with van der Waals surface area (Å²) >= 11 is 6.29. The minimum Gasteiger partial charge on any atom is -0.493 e. The van der Waals surface area contributed by atoms with Crippen molar-refractivity contribution in [2.75, 3.05) is 19.5 Å². The Kier molecular flexibility index (Phi) is 4.14. The van der Waals surface area contributed by atoms with E-state index >= 15 is 0 Å². The van der Waals surface area contributed by atoms with Crippen LogP contribution in [0, 0.1) is 5.41 Å². The zero-order chi connectivity index (χ0) is 14.0. The maximum absolute atomic E-state index is 6.29. The van der Waals surface area contributed by atoms with Gasteiger partial charge in [0.05, 0.1) is 24.9 Å². The zero-order valence-electron chi connectivity index (χ0n) is 12.0. The van der Waals surface area contributed by atoms with Gasteiger partial charge in [0.15, 0.2) is 11.5 Å². The van der Waals surface area contributed by atoms with Gasteiger partial charge in [0, 0.05) is 18.2 Å². The Morgan fingerprint density at radius 1 is 1.21 bits per heavy atom. The molecule has 1 unspecified atom stereocenters. The van der Waals surface area contributed by atoms with Gasteiger partial charge in [0.2, 0.25) is 0 Å². The molecule has 0 aromatic heterocycles. The van der Waals surface area contributed by atoms with Crippen molar-refractivity contribution < 1.29 is 9.47 Å². The molecule has 3 nitrogen and oxygen atoms in total. The minimum atomic E-state index is 0.417. The van der Waals surface area contributed by atoms with Crippen LogP contribution in [-0.2, 0) is 0 Å². The average molecular weight is 284 g/mol. The van der Waals surface area contributed by atoms with Crippen LogP contribution in [0.25, 0.3) is 0 Å². The van der Waals surface area contributed by atoms with E-state index in [-0.39, 0.29) is 0 Å². The van der Waals surface area contributed by atoms with Crippen LogP contribution in [-0.4, -0.2) is 20.3 Å². The van der Waals surface area contributed by atoms with Crippen LogP contribution in [0.5, 0.6) is 11.5 Å². The van der Waals surface area contributed by atoms with Crippen molar-refractivity contribution in [1.29, 1.82) is 0 Å². The largest absolute Gasteiger partial charge is 0.493 e. The first-order chi connectivity index (χ1) is 8.95. The third-order valence-electron chi connectivity index (χ3n) is 3.80. The second-order valence-corrected chi connectivity index (χ2v) is 6.34. The predicted octanol–water partition coefficient (Wildman–Crippen LogP) is 4.35. The van der Waals surface area contributed by atoms with Gasteiger partial charge >= 0.3 is 0 Å². The Labute approximate surface area is 120 Å². The van der Waals surface area contributed by atoms with Crippen LogP contribution in [0.3, 0.4) is 0 Å². The first-order valence-corrected chi connectivity index (χ1v) is 7.01. The molecule has 0 aliphatic heterocycles. The number of methoxy groups -OCH3 is 2. The SMILES string of the molecule is COc1cc(Cl)c(NC2CCC(C)(C)C2)cc1OC. The minimum absolute atomic E-state index is 0.417. The van der Waals surface area contributed by atoms with Crippen molar-refractivity contribution in [1.82, 2.24) is 0 Å². The molecule has 1 aromatic rings. The monoisotopic (exact) mass is 283 g/mol. The highest BCUT2D eigenvalue weighted by atomic mass is 35.5. The summed E-state index contributed by atoms with van der Waals surface area (Å²) in [6.07, 6.45) is 3.59. The first-order valence-electron chi connectivity index (χ1n) is 6.63. The van der Waals surface area contributed by atoms with Gasteiger partial charge in [-0.15, -0.1) is 0 Å². The summed E-state index contributed by atoms with van der Waals surface area (Å²) in [6, 6.07) is 4.18. The topological polar surface area (TPSA) is 30.5 Å². The van der Waals surface area contributed by atoms with Gasteiger partial charge in [-0.25, -0.2) is 0 Å². The lowest BCUT2D eigenvalue weighted by atomic mass is 9.92. The van der Waals surface area contributed by atoms with Crippen molar-refractivity contribution in [2.24, 2.45) is 5.41 Å². The molecular formula is C15H22ClNO2. The fraction of sp³-hybridized carbons (Fsp3) is 0.600. The lowest BCUT2D eigenvalue weighted by Gasteiger charge is -2.20. The molecule has 2 rings (SSSR count). The Hall–Kier alpha value is -1.09. The molecule has 1 aliphatic carbocycles. The molecule has 4 heteroatoms. The normalized spacial score (nSPS) is 21.2. The molecule has 1 N–H and O–H groups in total. The van der Waals surface area contributed by atoms with E-state index in [0.717, 1.165) is 12.1 Å². The summed E-state index contributed by atoms with van der Waals surface area (Å²) in [4.78, 5) is 0. The third kappa shape index (κ3) is 3.27. The van der Waals surface area contributed by atoms with E-state index in [0.29, 0.717) is 28.0 Å². The molecule has 0 spiro atoms. The van der Waals surface area contributed by atoms with Gasteiger partial charge < -0.3 is 14.8 Å². The second kappa shape index (κ2) is 5.49. The summed E-state index contributed by atoms with van der Waals surface area (Å²) in [6.45, 7) is 4.62. The summed E-state index contributed by atoms with van der Waals surface area (Å²) in [5, 5.41) is 4.19. The highest BCUT2D eigenvalue weighted by Crippen LogP contribution is 2.41. The molecule has 1 saturated carbocycles. The quantitative estimate of drug-likeness (QED) is 0.891. The summed E-state index contributed by atoms with van der Waals surface area (Å²) in [5.74, 6) is 1.36. The Morgan fingerprint density at radius 3 is 2.37 bits per heavy atom. The predicted molar refractivity (Wildman–Crippen MR) is 79.6 cm³/mol. The van der Waals surface area contributed by atoms with Crippen LogP contribution in [0.4, 0.5) is 5.69 Å². The number of hydrogen-bond acceptors (Lipinski definition) is 3. The zero-order valence-corrected chi connectivity index (χ0v) is 12.8. The summed E-state index contributed by atoms with van der Waals surface area (Å²) < 4.78 is 10.6. The Bertz CT molecular complexity index is 460.